The average molecular weight is 387 g/mol. The normalized spacial score (nSPS) is 12.8. The van der Waals surface area contributed by atoms with E-state index >= 15 is 0 Å². The molecular formula is C24H23N2O3+. The van der Waals surface area contributed by atoms with E-state index < -0.39 is 0 Å². The minimum absolute atomic E-state index is 0.00434. The third-order valence-corrected chi connectivity index (χ3v) is 5.13. The molecule has 0 unspecified atom stereocenters. The molecule has 1 aliphatic heterocycles. The van der Waals surface area contributed by atoms with Gasteiger partial charge in [0.05, 0.1) is 14.2 Å². The van der Waals surface area contributed by atoms with Crippen LogP contribution in [0.2, 0.25) is 0 Å². The zero-order valence-corrected chi connectivity index (χ0v) is 17.0. The van der Waals surface area contributed by atoms with Crippen molar-refractivity contribution in [3.05, 3.63) is 83.7 Å². The van der Waals surface area contributed by atoms with Gasteiger partial charge in [-0.1, -0.05) is 12.1 Å². The summed E-state index contributed by atoms with van der Waals surface area (Å²) in [6.45, 7) is 0. The summed E-state index contributed by atoms with van der Waals surface area (Å²) in [6.07, 6.45) is 1.96. The molecule has 3 aromatic rings. The topological polar surface area (TPSA) is 42.6 Å². The van der Waals surface area contributed by atoms with Crippen LogP contribution in [0, 0.1) is 0 Å². The van der Waals surface area contributed by atoms with Crippen molar-refractivity contribution in [1.82, 2.24) is 0 Å². The fourth-order valence-corrected chi connectivity index (χ4v) is 3.55. The first kappa shape index (κ1) is 18.7. The van der Waals surface area contributed by atoms with Crippen molar-refractivity contribution < 1.29 is 18.8 Å². The summed E-state index contributed by atoms with van der Waals surface area (Å²) in [5, 5.41) is 0. The molecule has 29 heavy (non-hydrogen) atoms. The van der Waals surface area contributed by atoms with Crippen LogP contribution in [0.3, 0.4) is 0 Å². The Morgan fingerprint density at radius 1 is 0.793 bits per heavy atom. The number of pyridine rings is 1. The highest BCUT2D eigenvalue weighted by atomic mass is 16.5. The van der Waals surface area contributed by atoms with Gasteiger partial charge in [0.1, 0.15) is 17.1 Å². The number of nitrogens with zero attached hydrogens (tertiary/aromatic N) is 2. The first-order valence-electron chi connectivity index (χ1n) is 9.34. The van der Waals surface area contributed by atoms with E-state index in [1.165, 1.54) is 0 Å². The lowest BCUT2D eigenvalue weighted by molar-refractivity contribution is -0.577. The van der Waals surface area contributed by atoms with Crippen molar-refractivity contribution in [3.8, 4) is 11.5 Å². The summed E-state index contributed by atoms with van der Waals surface area (Å²) in [5.41, 5.74) is 4.97. The molecule has 0 N–H and O–H groups in total. The molecule has 0 radical (unpaired) electrons. The first-order chi connectivity index (χ1) is 14.0. The maximum absolute atomic E-state index is 13.5. The standard InChI is InChI=1S/C24H23N2O3/c1-25(2)18-13-14-26-21(15-18)24(27)22(16-5-9-19(28-3)10-6-16)23(26)17-7-11-20(29-4)12-8-17/h5-15H,1-4H3/q+1. The van der Waals surface area contributed by atoms with Crippen molar-refractivity contribution in [2.75, 3.05) is 33.2 Å². The molecule has 0 atom stereocenters. The Hall–Kier alpha value is -3.60. The Morgan fingerprint density at radius 3 is 1.86 bits per heavy atom. The minimum atomic E-state index is 0.00434. The number of allylic oxidation sites excluding steroid dienone is 1. The van der Waals surface area contributed by atoms with Gasteiger partial charge in [-0.15, -0.1) is 0 Å². The number of fused-ring (bicyclic) bond motifs is 1. The van der Waals surface area contributed by atoms with E-state index in [1.807, 2.05) is 90.4 Å². The molecule has 0 aliphatic carbocycles. The second-order valence-corrected chi connectivity index (χ2v) is 7.04. The van der Waals surface area contributed by atoms with Crippen molar-refractivity contribution in [3.63, 3.8) is 0 Å². The number of carbonyl (C=O) groups is 1. The molecule has 1 aromatic heterocycles. The van der Waals surface area contributed by atoms with Crippen LogP contribution in [0.15, 0.2) is 66.9 Å². The Morgan fingerprint density at radius 2 is 1.34 bits per heavy atom. The van der Waals surface area contributed by atoms with E-state index in [-0.39, 0.29) is 5.78 Å². The highest BCUT2D eigenvalue weighted by molar-refractivity contribution is 6.34. The van der Waals surface area contributed by atoms with Crippen LogP contribution in [-0.2, 0) is 0 Å². The van der Waals surface area contributed by atoms with E-state index in [2.05, 4.69) is 0 Å². The van der Waals surface area contributed by atoms with Gasteiger partial charge in [0.2, 0.25) is 5.70 Å². The molecule has 0 fully saturated rings. The summed E-state index contributed by atoms with van der Waals surface area (Å²) in [5.74, 6) is 1.54. The lowest BCUT2D eigenvalue weighted by Crippen LogP contribution is -2.34. The van der Waals surface area contributed by atoms with Gasteiger partial charge in [-0.05, 0) is 42.0 Å². The fraction of sp³-hybridized carbons (Fsp3) is 0.167. The van der Waals surface area contributed by atoms with E-state index in [0.717, 1.165) is 34.0 Å². The summed E-state index contributed by atoms with van der Waals surface area (Å²) in [7, 11) is 7.21. The van der Waals surface area contributed by atoms with Gasteiger partial charge in [0, 0.05) is 37.5 Å². The van der Waals surface area contributed by atoms with Crippen LogP contribution < -0.4 is 18.9 Å². The van der Waals surface area contributed by atoms with Gasteiger partial charge in [0.15, 0.2) is 6.20 Å². The van der Waals surface area contributed by atoms with Crippen LogP contribution in [-0.4, -0.2) is 34.1 Å². The number of ketones is 1. The highest BCUT2D eigenvalue weighted by Gasteiger charge is 2.40. The van der Waals surface area contributed by atoms with Crippen molar-refractivity contribution in [1.29, 1.82) is 0 Å². The second-order valence-electron chi connectivity index (χ2n) is 7.04. The van der Waals surface area contributed by atoms with Crippen LogP contribution in [0.4, 0.5) is 5.69 Å². The van der Waals surface area contributed by atoms with Gasteiger partial charge in [-0.25, -0.2) is 0 Å². The maximum atomic E-state index is 13.5. The van der Waals surface area contributed by atoms with E-state index in [1.54, 1.807) is 14.2 Å². The molecule has 0 saturated heterocycles. The van der Waals surface area contributed by atoms with Crippen LogP contribution in [0.1, 0.15) is 21.6 Å². The maximum Gasteiger partial charge on any atom is 0.264 e. The van der Waals surface area contributed by atoms with E-state index in [9.17, 15) is 4.79 Å². The lowest BCUT2D eigenvalue weighted by Gasteiger charge is -2.11. The van der Waals surface area contributed by atoms with Crippen molar-refractivity contribution in [2.24, 2.45) is 0 Å². The monoisotopic (exact) mass is 387 g/mol. The minimum Gasteiger partial charge on any atom is -0.497 e. The fourth-order valence-electron chi connectivity index (χ4n) is 3.55. The molecule has 0 saturated carbocycles. The van der Waals surface area contributed by atoms with Gasteiger partial charge in [-0.3, -0.25) is 4.79 Å². The van der Waals surface area contributed by atoms with Crippen molar-refractivity contribution in [2.45, 2.75) is 0 Å². The predicted molar refractivity (Wildman–Crippen MR) is 113 cm³/mol. The summed E-state index contributed by atoms with van der Waals surface area (Å²) in [4.78, 5) is 15.5. The number of carbonyl (C=O) groups excluding carboxylic acids is 1. The quantitative estimate of drug-likeness (QED) is 0.627. The Bertz CT molecular complexity index is 1100. The number of rotatable bonds is 5. The smallest absolute Gasteiger partial charge is 0.264 e. The Kier molecular flexibility index (Phi) is 4.80. The number of hydrogen-bond acceptors (Lipinski definition) is 4. The molecular weight excluding hydrogens is 364 g/mol. The molecule has 4 rings (SSSR count). The van der Waals surface area contributed by atoms with Crippen LogP contribution in [0.25, 0.3) is 11.3 Å². The summed E-state index contributed by atoms with van der Waals surface area (Å²) < 4.78 is 12.5. The van der Waals surface area contributed by atoms with Gasteiger partial charge < -0.3 is 14.4 Å². The number of methoxy groups -OCH3 is 2. The number of ether oxygens (including phenoxy) is 2. The molecule has 2 aromatic carbocycles. The highest BCUT2D eigenvalue weighted by Crippen LogP contribution is 2.34. The molecule has 2 heterocycles. The summed E-state index contributed by atoms with van der Waals surface area (Å²) in [6, 6.07) is 19.3. The zero-order chi connectivity index (χ0) is 20.5. The number of Topliss-reactive ketones (excluding diaryl/α,β-unsaturated/α-hetero) is 1. The molecule has 5 heteroatoms. The first-order valence-corrected chi connectivity index (χ1v) is 9.34. The van der Waals surface area contributed by atoms with Gasteiger partial charge in [0.25, 0.3) is 11.5 Å². The Labute approximate surface area is 170 Å². The van der Waals surface area contributed by atoms with Crippen LogP contribution in [0.5, 0.6) is 11.5 Å². The molecule has 0 spiro atoms. The predicted octanol–water partition coefficient (Wildman–Crippen LogP) is 3.67. The number of anilines is 1. The summed E-state index contributed by atoms with van der Waals surface area (Å²) >= 11 is 0. The molecule has 0 amide bonds. The number of benzene rings is 2. The van der Waals surface area contributed by atoms with Gasteiger partial charge in [-0.2, -0.15) is 4.57 Å². The third-order valence-electron chi connectivity index (χ3n) is 5.13. The molecule has 1 aliphatic rings. The van der Waals surface area contributed by atoms with Crippen molar-refractivity contribution >= 4 is 22.7 Å². The number of hydrogen-bond donors (Lipinski definition) is 0. The molecule has 146 valence electrons. The Balaban J connectivity index is 1.93. The molecule has 5 nitrogen and oxygen atoms in total. The number of aromatic nitrogens is 1. The van der Waals surface area contributed by atoms with E-state index in [0.29, 0.717) is 11.3 Å². The van der Waals surface area contributed by atoms with Crippen LogP contribution >= 0.6 is 0 Å². The van der Waals surface area contributed by atoms with E-state index in [4.69, 9.17) is 9.47 Å². The lowest BCUT2D eigenvalue weighted by atomic mass is 9.97. The SMILES string of the molecule is COc1ccc(C2=C(c3ccc(OC)cc3)[n+]3ccc(N(C)C)cc3C2=O)cc1. The largest absolute Gasteiger partial charge is 0.497 e. The molecule has 0 bridgehead atoms. The third kappa shape index (κ3) is 3.25. The second kappa shape index (κ2) is 7.43. The zero-order valence-electron chi connectivity index (χ0n) is 17.0. The average Bonchev–Trinajstić information content (AvgIpc) is 3.05. The van der Waals surface area contributed by atoms with Gasteiger partial charge >= 0.3 is 0 Å².